The molecule has 3 aromatic rings. The van der Waals surface area contributed by atoms with E-state index in [1.807, 2.05) is 24.3 Å². The molecule has 2 aromatic carbocycles. The van der Waals surface area contributed by atoms with Crippen LogP contribution in [0.4, 0.5) is 25.8 Å². The standard InChI is InChI=1S/C19H19F2N3O2/c20-19(21)7-3-4-11(8-19)9-23-15-16(18(26)17(15)25)24-14-10-22-13-6-2-1-5-12(13)14/h1-2,5-6,10-11,22-24H,3-4,7-9H2. The predicted molar refractivity (Wildman–Crippen MR) is 98.3 cm³/mol. The van der Waals surface area contributed by atoms with Gasteiger partial charge >= 0.3 is 0 Å². The van der Waals surface area contributed by atoms with E-state index in [1.165, 1.54) is 0 Å². The molecular formula is C19H19F2N3O2. The lowest BCUT2D eigenvalue weighted by Crippen LogP contribution is -2.38. The number of fused-ring (bicyclic) bond motifs is 1. The van der Waals surface area contributed by atoms with Crippen LogP contribution in [0.5, 0.6) is 0 Å². The van der Waals surface area contributed by atoms with Crippen molar-refractivity contribution in [2.75, 3.05) is 17.2 Å². The van der Waals surface area contributed by atoms with E-state index in [1.54, 1.807) is 6.20 Å². The second kappa shape index (κ2) is 6.23. The Balaban J connectivity index is 1.50. The Bertz CT molecular complexity index is 1020. The van der Waals surface area contributed by atoms with Crippen LogP contribution in [0.15, 0.2) is 40.1 Å². The Labute approximate surface area is 148 Å². The molecule has 1 fully saturated rings. The minimum absolute atomic E-state index is 0.0724. The number of anilines is 3. The van der Waals surface area contributed by atoms with Gasteiger partial charge in [0.25, 0.3) is 10.9 Å². The van der Waals surface area contributed by atoms with Crippen molar-refractivity contribution in [3.8, 4) is 0 Å². The van der Waals surface area contributed by atoms with Crippen LogP contribution < -0.4 is 21.5 Å². The molecule has 1 aliphatic rings. The summed E-state index contributed by atoms with van der Waals surface area (Å²) < 4.78 is 27.0. The summed E-state index contributed by atoms with van der Waals surface area (Å²) in [5.41, 5.74) is 0.797. The minimum atomic E-state index is -2.64. The smallest absolute Gasteiger partial charge is 0.253 e. The second-order valence-electron chi connectivity index (χ2n) is 6.98. The first-order valence-corrected chi connectivity index (χ1v) is 8.73. The van der Waals surface area contributed by atoms with Crippen molar-refractivity contribution >= 4 is 28.0 Å². The van der Waals surface area contributed by atoms with E-state index < -0.39 is 16.8 Å². The third kappa shape index (κ3) is 2.98. The van der Waals surface area contributed by atoms with Gasteiger partial charge in [0.2, 0.25) is 5.92 Å². The van der Waals surface area contributed by atoms with Crippen molar-refractivity contribution in [1.29, 1.82) is 0 Å². The number of nitrogens with one attached hydrogen (secondary N) is 3. The second-order valence-corrected chi connectivity index (χ2v) is 6.98. The van der Waals surface area contributed by atoms with E-state index in [-0.39, 0.29) is 36.7 Å². The molecule has 1 unspecified atom stereocenters. The molecule has 7 heteroatoms. The molecule has 0 spiro atoms. The first-order chi connectivity index (χ1) is 12.4. The van der Waals surface area contributed by atoms with Crippen molar-refractivity contribution in [2.24, 2.45) is 5.92 Å². The molecule has 0 amide bonds. The highest BCUT2D eigenvalue weighted by molar-refractivity contribution is 5.95. The highest BCUT2D eigenvalue weighted by atomic mass is 19.3. The van der Waals surface area contributed by atoms with E-state index in [9.17, 15) is 18.4 Å². The minimum Gasteiger partial charge on any atom is -0.380 e. The van der Waals surface area contributed by atoms with Gasteiger partial charge in [-0.25, -0.2) is 8.78 Å². The molecular weight excluding hydrogens is 340 g/mol. The van der Waals surface area contributed by atoms with Crippen molar-refractivity contribution in [2.45, 2.75) is 31.6 Å². The number of rotatable bonds is 5. The Hall–Kier alpha value is -2.70. The number of H-pyrrole nitrogens is 1. The van der Waals surface area contributed by atoms with Crippen LogP contribution in [0.25, 0.3) is 10.9 Å². The maximum absolute atomic E-state index is 13.5. The zero-order valence-corrected chi connectivity index (χ0v) is 14.1. The van der Waals surface area contributed by atoms with Crippen molar-refractivity contribution in [3.05, 3.63) is 50.9 Å². The van der Waals surface area contributed by atoms with Crippen molar-refractivity contribution < 1.29 is 8.78 Å². The summed E-state index contributed by atoms with van der Waals surface area (Å²) in [6.07, 6.45) is 2.65. The third-order valence-corrected chi connectivity index (χ3v) is 5.07. The third-order valence-electron chi connectivity index (χ3n) is 5.07. The molecule has 1 aromatic heterocycles. The lowest BCUT2D eigenvalue weighted by atomic mass is 9.86. The zero-order valence-electron chi connectivity index (χ0n) is 14.1. The van der Waals surface area contributed by atoms with Gasteiger partial charge in [0.05, 0.1) is 5.69 Å². The van der Waals surface area contributed by atoms with Gasteiger partial charge in [0.15, 0.2) is 0 Å². The van der Waals surface area contributed by atoms with Crippen LogP contribution in [0.3, 0.4) is 0 Å². The highest BCUT2D eigenvalue weighted by Gasteiger charge is 2.36. The Kier molecular flexibility index (Phi) is 4.01. The molecule has 3 N–H and O–H groups in total. The van der Waals surface area contributed by atoms with Gasteiger partial charge in [0.1, 0.15) is 11.4 Å². The highest BCUT2D eigenvalue weighted by Crippen LogP contribution is 2.37. The lowest BCUT2D eigenvalue weighted by molar-refractivity contribution is -0.0502. The molecule has 26 heavy (non-hydrogen) atoms. The first-order valence-electron chi connectivity index (χ1n) is 8.73. The largest absolute Gasteiger partial charge is 0.380 e. The predicted octanol–water partition coefficient (Wildman–Crippen LogP) is 3.74. The molecule has 0 aliphatic heterocycles. The first kappa shape index (κ1) is 16.8. The summed E-state index contributed by atoms with van der Waals surface area (Å²) in [6.45, 7) is 0.267. The van der Waals surface area contributed by atoms with Crippen molar-refractivity contribution in [1.82, 2.24) is 4.98 Å². The van der Waals surface area contributed by atoms with Crippen LogP contribution in [0.1, 0.15) is 25.7 Å². The Morgan fingerprint density at radius 3 is 2.73 bits per heavy atom. The van der Waals surface area contributed by atoms with E-state index in [2.05, 4.69) is 15.6 Å². The molecule has 0 saturated heterocycles. The lowest BCUT2D eigenvalue weighted by Gasteiger charge is -2.29. The van der Waals surface area contributed by atoms with Crippen molar-refractivity contribution in [3.63, 3.8) is 0 Å². The number of hydrogen-bond donors (Lipinski definition) is 3. The topological polar surface area (TPSA) is 74.0 Å². The summed E-state index contributed by atoms with van der Waals surface area (Å²) in [5, 5.41) is 6.82. The molecule has 4 rings (SSSR count). The summed E-state index contributed by atoms with van der Waals surface area (Å²) >= 11 is 0. The van der Waals surface area contributed by atoms with Gasteiger partial charge in [-0.15, -0.1) is 0 Å². The molecule has 0 radical (unpaired) electrons. The summed E-state index contributed by atoms with van der Waals surface area (Å²) in [4.78, 5) is 26.9. The Morgan fingerprint density at radius 2 is 1.92 bits per heavy atom. The Morgan fingerprint density at radius 1 is 1.15 bits per heavy atom. The summed E-state index contributed by atoms with van der Waals surface area (Å²) in [5.74, 6) is -2.84. The monoisotopic (exact) mass is 359 g/mol. The van der Waals surface area contributed by atoms with Gasteiger partial charge < -0.3 is 15.6 Å². The quantitative estimate of drug-likeness (QED) is 0.607. The number of para-hydroxylation sites is 1. The molecule has 1 heterocycles. The zero-order chi connectivity index (χ0) is 18.3. The number of benzene rings is 1. The van der Waals surface area contributed by atoms with E-state index in [4.69, 9.17) is 0 Å². The number of aromatic amines is 1. The summed E-state index contributed by atoms with van der Waals surface area (Å²) in [6, 6.07) is 7.58. The van der Waals surface area contributed by atoms with Crippen LogP contribution in [0.2, 0.25) is 0 Å². The van der Waals surface area contributed by atoms with Crippen LogP contribution in [-0.2, 0) is 0 Å². The van der Waals surface area contributed by atoms with E-state index in [0.29, 0.717) is 18.5 Å². The molecule has 5 nitrogen and oxygen atoms in total. The number of halogens is 2. The summed E-state index contributed by atoms with van der Waals surface area (Å²) in [7, 11) is 0. The molecule has 1 atom stereocenters. The number of hydrogen-bond acceptors (Lipinski definition) is 4. The van der Waals surface area contributed by atoms with Crippen LogP contribution in [0, 0.1) is 5.92 Å². The van der Waals surface area contributed by atoms with E-state index >= 15 is 0 Å². The fourth-order valence-electron chi connectivity index (χ4n) is 3.69. The molecule has 0 bridgehead atoms. The van der Waals surface area contributed by atoms with Gasteiger partial charge in [-0.1, -0.05) is 18.2 Å². The molecule has 136 valence electrons. The van der Waals surface area contributed by atoms with E-state index in [0.717, 1.165) is 10.9 Å². The van der Waals surface area contributed by atoms with Gasteiger partial charge in [0, 0.05) is 36.5 Å². The van der Waals surface area contributed by atoms with Gasteiger partial charge in [-0.2, -0.15) is 0 Å². The molecule has 1 aliphatic carbocycles. The maximum atomic E-state index is 13.5. The fourth-order valence-corrected chi connectivity index (χ4v) is 3.69. The van der Waals surface area contributed by atoms with Gasteiger partial charge in [-0.05, 0) is 24.8 Å². The van der Waals surface area contributed by atoms with Crippen LogP contribution in [-0.4, -0.2) is 17.5 Å². The number of aromatic nitrogens is 1. The maximum Gasteiger partial charge on any atom is 0.253 e. The normalized spacial score (nSPS) is 19.7. The van der Waals surface area contributed by atoms with Crippen LogP contribution >= 0.6 is 0 Å². The number of alkyl halides is 2. The SMILES string of the molecule is O=c1c(NCC2CCCC(F)(F)C2)c(Nc2c[nH]c3ccccc23)c1=O. The fraction of sp³-hybridized carbons (Fsp3) is 0.368. The molecule has 1 saturated carbocycles. The average Bonchev–Trinajstić information content (AvgIpc) is 3.03. The van der Waals surface area contributed by atoms with Gasteiger partial charge in [-0.3, -0.25) is 9.59 Å². The average molecular weight is 359 g/mol.